The second-order valence-electron chi connectivity index (χ2n) is 5.03. The van der Waals surface area contributed by atoms with Crippen molar-refractivity contribution in [2.24, 2.45) is 5.92 Å². The SMILES string of the molecule is CCOC(=O)C1CCCN(S(=O)(=O)c2ccc(F)c(F)c2)C1. The number of carbonyl (C=O) groups is 1. The molecule has 122 valence electrons. The van der Waals surface area contributed by atoms with Crippen LogP contribution in [0.4, 0.5) is 8.78 Å². The van der Waals surface area contributed by atoms with Gasteiger partial charge < -0.3 is 4.74 Å². The summed E-state index contributed by atoms with van der Waals surface area (Å²) in [6.07, 6.45) is 1.05. The van der Waals surface area contributed by atoms with E-state index in [0.717, 1.165) is 16.4 Å². The van der Waals surface area contributed by atoms with Crippen LogP contribution in [0.1, 0.15) is 19.8 Å². The molecule has 22 heavy (non-hydrogen) atoms. The quantitative estimate of drug-likeness (QED) is 0.790. The Bertz CT molecular complexity index is 663. The summed E-state index contributed by atoms with van der Waals surface area (Å²) in [5, 5.41) is 0. The second kappa shape index (κ2) is 6.70. The summed E-state index contributed by atoms with van der Waals surface area (Å²) in [6, 6.07) is 2.44. The minimum absolute atomic E-state index is 0.0137. The predicted molar refractivity (Wildman–Crippen MR) is 74.5 cm³/mol. The maximum Gasteiger partial charge on any atom is 0.310 e. The predicted octanol–water partition coefficient (Wildman–Crippen LogP) is 1.93. The summed E-state index contributed by atoms with van der Waals surface area (Å²) < 4.78 is 57.1. The lowest BCUT2D eigenvalue weighted by molar-refractivity contribution is -0.149. The summed E-state index contributed by atoms with van der Waals surface area (Å²) in [4.78, 5) is 11.4. The highest BCUT2D eigenvalue weighted by atomic mass is 32.2. The van der Waals surface area contributed by atoms with Crippen LogP contribution in [0.15, 0.2) is 23.1 Å². The van der Waals surface area contributed by atoms with Gasteiger partial charge >= 0.3 is 5.97 Å². The monoisotopic (exact) mass is 333 g/mol. The van der Waals surface area contributed by atoms with Crippen LogP contribution in [-0.4, -0.2) is 38.4 Å². The van der Waals surface area contributed by atoms with E-state index in [0.29, 0.717) is 18.9 Å². The van der Waals surface area contributed by atoms with E-state index in [1.165, 1.54) is 0 Å². The average molecular weight is 333 g/mol. The molecule has 5 nitrogen and oxygen atoms in total. The lowest BCUT2D eigenvalue weighted by Crippen LogP contribution is -2.42. The molecule has 1 heterocycles. The third-order valence-corrected chi connectivity index (χ3v) is 5.39. The number of piperidine rings is 1. The first kappa shape index (κ1) is 16.8. The molecule has 0 bridgehead atoms. The zero-order valence-electron chi connectivity index (χ0n) is 12.1. The molecule has 8 heteroatoms. The number of ether oxygens (including phenoxy) is 1. The van der Waals surface area contributed by atoms with Crippen LogP contribution in [0.2, 0.25) is 0 Å². The molecule has 1 aliphatic rings. The first-order chi connectivity index (χ1) is 10.4. The zero-order valence-corrected chi connectivity index (χ0v) is 12.9. The topological polar surface area (TPSA) is 63.7 Å². The Labute approximate surface area is 127 Å². The van der Waals surface area contributed by atoms with Gasteiger partial charge in [-0.1, -0.05) is 0 Å². The Kier molecular flexibility index (Phi) is 5.12. The highest BCUT2D eigenvalue weighted by Gasteiger charge is 2.34. The lowest BCUT2D eigenvalue weighted by Gasteiger charge is -2.30. The largest absolute Gasteiger partial charge is 0.466 e. The van der Waals surface area contributed by atoms with Crippen LogP contribution in [0, 0.1) is 17.6 Å². The number of halogens is 2. The van der Waals surface area contributed by atoms with Gasteiger partial charge in [-0.15, -0.1) is 0 Å². The van der Waals surface area contributed by atoms with Gasteiger partial charge in [-0.25, -0.2) is 17.2 Å². The van der Waals surface area contributed by atoms with Crippen LogP contribution in [0.3, 0.4) is 0 Å². The van der Waals surface area contributed by atoms with Gasteiger partial charge in [-0.2, -0.15) is 4.31 Å². The molecule has 1 aromatic rings. The van der Waals surface area contributed by atoms with Gasteiger partial charge in [0.1, 0.15) is 0 Å². The number of hydrogen-bond acceptors (Lipinski definition) is 4. The summed E-state index contributed by atoms with van der Waals surface area (Å²) in [7, 11) is -3.96. The normalized spacial score (nSPS) is 19.9. The van der Waals surface area contributed by atoms with Crippen molar-refractivity contribution in [2.45, 2.75) is 24.7 Å². The van der Waals surface area contributed by atoms with Gasteiger partial charge in [0.2, 0.25) is 10.0 Å². The van der Waals surface area contributed by atoms with Crippen molar-refractivity contribution in [2.75, 3.05) is 19.7 Å². The molecule has 0 aromatic heterocycles. The van der Waals surface area contributed by atoms with Crippen LogP contribution in [-0.2, 0) is 19.6 Å². The van der Waals surface area contributed by atoms with E-state index in [9.17, 15) is 22.0 Å². The Morgan fingerprint density at radius 3 is 2.73 bits per heavy atom. The van der Waals surface area contributed by atoms with Gasteiger partial charge in [0, 0.05) is 13.1 Å². The molecular weight excluding hydrogens is 316 g/mol. The first-order valence-electron chi connectivity index (χ1n) is 6.98. The minimum atomic E-state index is -3.96. The molecule has 0 amide bonds. The van der Waals surface area contributed by atoms with Crippen molar-refractivity contribution in [3.8, 4) is 0 Å². The van der Waals surface area contributed by atoms with Crippen molar-refractivity contribution in [3.05, 3.63) is 29.8 Å². The second-order valence-corrected chi connectivity index (χ2v) is 6.97. The van der Waals surface area contributed by atoms with E-state index < -0.39 is 33.5 Å². The molecule has 1 aromatic carbocycles. The molecule has 1 saturated heterocycles. The number of esters is 1. The highest BCUT2D eigenvalue weighted by molar-refractivity contribution is 7.89. The summed E-state index contributed by atoms with van der Waals surface area (Å²) in [5.74, 6) is -3.30. The molecular formula is C14H17F2NO4S. The Morgan fingerprint density at radius 2 is 2.09 bits per heavy atom. The van der Waals surface area contributed by atoms with Gasteiger partial charge in [-0.3, -0.25) is 4.79 Å². The average Bonchev–Trinajstić information content (AvgIpc) is 2.50. The number of sulfonamides is 1. The third kappa shape index (κ3) is 3.44. The van der Waals surface area contributed by atoms with Crippen LogP contribution in [0.5, 0.6) is 0 Å². The summed E-state index contributed by atoms with van der Waals surface area (Å²) in [5.41, 5.74) is 0. The Hall–Kier alpha value is -1.54. The van der Waals surface area contributed by atoms with E-state index in [2.05, 4.69) is 0 Å². The van der Waals surface area contributed by atoms with Crippen molar-refractivity contribution < 1.29 is 26.7 Å². The number of carbonyl (C=O) groups excluding carboxylic acids is 1. The van der Waals surface area contributed by atoms with Gasteiger partial charge in [-0.05, 0) is 38.0 Å². The smallest absolute Gasteiger partial charge is 0.310 e. The van der Waals surface area contributed by atoms with E-state index in [-0.39, 0.29) is 24.6 Å². The summed E-state index contributed by atoms with van der Waals surface area (Å²) in [6.45, 7) is 2.12. The molecule has 0 aliphatic carbocycles. The maximum absolute atomic E-state index is 13.2. The van der Waals surface area contributed by atoms with E-state index in [1.54, 1.807) is 6.92 Å². The van der Waals surface area contributed by atoms with E-state index in [1.807, 2.05) is 0 Å². The molecule has 0 radical (unpaired) electrons. The van der Waals surface area contributed by atoms with Crippen LogP contribution < -0.4 is 0 Å². The molecule has 1 aliphatic heterocycles. The lowest BCUT2D eigenvalue weighted by atomic mass is 10.0. The molecule has 0 spiro atoms. The molecule has 2 rings (SSSR count). The van der Waals surface area contributed by atoms with Crippen molar-refractivity contribution in [1.82, 2.24) is 4.31 Å². The minimum Gasteiger partial charge on any atom is -0.466 e. The number of rotatable bonds is 4. The fourth-order valence-electron chi connectivity index (χ4n) is 2.40. The zero-order chi connectivity index (χ0) is 16.3. The van der Waals surface area contributed by atoms with Gasteiger partial charge in [0.15, 0.2) is 11.6 Å². The molecule has 0 N–H and O–H groups in total. The molecule has 0 saturated carbocycles. The number of benzene rings is 1. The van der Waals surface area contributed by atoms with Crippen molar-refractivity contribution >= 4 is 16.0 Å². The number of hydrogen-bond donors (Lipinski definition) is 0. The third-order valence-electron chi connectivity index (χ3n) is 3.53. The van der Waals surface area contributed by atoms with Crippen LogP contribution >= 0.6 is 0 Å². The number of nitrogens with zero attached hydrogens (tertiary/aromatic N) is 1. The Morgan fingerprint density at radius 1 is 1.36 bits per heavy atom. The van der Waals surface area contributed by atoms with Crippen molar-refractivity contribution in [3.63, 3.8) is 0 Å². The Balaban J connectivity index is 2.21. The summed E-state index contributed by atoms with van der Waals surface area (Å²) >= 11 is 0. The molecule has 1 unspecified atom stereocenters. The van der Waals surface area contributed by atoms with E-state index in [4.69, 9.17) is 4.74 Å². The molecule has 1 fully saturated rings. The van der Waals surface area contributed by atoms with Crippen molar-refractivity contribution in [1.29, 1.82) is 0 Å². The van der Waals surface area contributed by atoms with Gasteiger partial charge in [0.25, 0.3) is 0 Å². The van der Waals surface area contributed by atoms with Crippen LogP contribution in [0.25, 0.3) is 0 Å². The molecule has 1 atom stereocenters. The first-order valence-corrected chi connectivity index (χ1v) is 8.42. The highest BCUT2D eigenvalue weighted by Crippen LogP contribution is 2.25. The standard InChI is InChI=1S/C14H17F2NO4S/c1-2-21-14(18)10-4-3-7-17(9-10)22(19,20)11-5-6-12(15)13(16)8-11/h5-6,8,10H,2-4,7,9H2,1H3. The van der Waals surface area contributed by atoms with E-state index >= 15 is 0 Å². The fourth-order valence-corrected chi connectivity index (χ4v) is 3.94. The van der Waals surface area contributed by atoms with Gasteiger partial charge in [0.05, 0.1) is 17.4 Å². The maximum atomic E-state index is 13.2. The fraction of sp³-hybridized carbons (Fsp3) is 0.500.